The summed E-state index contributed by atoms with van der Waals surface area (Å²) in [6.07, 6.45) is 5.53. The van der Waals surface area contributed by atoms with Gasteiger partial charge in [0.15, 0.2) is 5.82 Å². The van der Waals surface area contributed by atoms with Crippen LogP contribution in [-0.4, -0.2) is 29.1 Å². The number of carbonyl (C=O) groups is 1. The van der Waals surface area contributed by atoms with E-state index in [0.29, 0.717) is 28.5 Å². The van der Waals surface area contributed by atoms with E-state index in [9.17, 15) is 4.79 Å². The number of benzene rings is 2. The summed E-state index contributed by atoms with van der Waals surface area (Å²) in [6.45, 7) is 3.48. The van der Waals surface area contributed by atoms with Crippen LogP contribution in [-0.2, 0) is 4.79 Å². The highest BCUT2D eigenvalue weighted by Gasteiger charge is 2.10. The topological polar surface area (TPSA) is 117 Å². The average Bonchev–Trinajstić information content (AvgIpc) is 2.85. The molecule has 3 aromatic rings. The number of aliphatic imine (C=N–C) groups is 1. The minimum atomic E-state index is -0.334. The van der Waals surface area contributed by atoms with Crippen LogP contribution in [0.25, 0.3) is 0 Å². The second-order valence-electron chi connectivity index (χ2n) is 6.72. The fourth-order valence-electron chi connectivity index (χ4n) is 2.72. The Labute approximate surface area is 202 Å². The lowest BCUT2D eigenvalue weighted by Gasteiger charge is -2.13. The van der Waals surface area contributed by atoms with Crippen LogP contribution in [0, 0.1) is 11.8 Å². The van der Waals surface area contributed by atoms with E-state index in [0.717, 1.165) is 5.56 Å². The van der Waals surface area contributed by atoms with Crippen LogP contribution in [0.2, 0.25) is 5.02 Å². The van der Waals surface area contributed by atoms with Crippen molar-refractivity contribution in [2.45, 2.75) is 0 Å². The number of nitrogens with two attached hydrogens (primary N) is 1. The summed E-state index contributed by atoms with van der Waals surface area (Å²) >= 11 is 6.35. The summed E-state index contributed by atoms with van der Waals surface area (Å²) in [5.41, 5.74) is 8.78. The lowest BCUT2D eigenvalue weighted by atomic mass is 10.1. The molecule has 5 N–H and O–H groups in total. The van der Waals surface area contributed by atoms with E-state index < -0.39 is 0 Å². The number of halogens is 1. The first-order chi connectivity index (χ1) is 16.5. The zero-order valence-electron chi connectivity index (χ0n) is 18.3. The first-order valence-electron chi connectivity index (χ1n) is 10.1. The van der Waals surface area contributed by atoms with E-state index in [1.807, 2.05) is 30.3 Å². The van der Waals surface area contributed by atoms with Crippen molar-refractivity contribution in [3.05, 3.63) is 95.4 Å². The van der Waals surface area contributed by atoms with Gasteiger partial charge in [-0.15, -0.1) is 0 Å². The van der Waals surface area contributed by atoms with Crippen molar-refractivity contribution in [1.29, 1.82) is 0 Å². The third kappa shape index (κ3) is 6.69. The molecule has 0 fully saturated rings. The van der Waals surface area contributed by atoms with Gasteiger partial charge in [0, 0.05) is 36.3 Å². The molecule has 1 amide bonds. The van der Waals surface area contributed by atoms with E-state index in [1.165, 1.54) is 24.7 Å². The molecule has 2 aromatic carbocycles. The van der Waals surface area contributed by atoms with Gasteiger partial charge < -0.3 is 21.7 Å². The normalized spacial score (nSPS) is 10.8. The predicted molar refractivity (Wildman–Crippen MR) is 138 cm³/mol. The first kappa shape index (κ1) is 24.0. The zero-order chi connectivity index (χ0) is 24.3. The van der Waals surface area contributed by atoms with Crippen LogP contribution in [0.4, 0.5) is 23.1 Å². The number of anilines is 4. The lowest BCUT2D eigenvalue weighted by Crippen LogP contribution is -2.09. The van der Waals surface area contributed by atoms with Gasteiger partial charge in [0.25, 0.3) is 0 Å². The molecule has 3 rings (SSSR count). The molecule has 0 spiro atoms. The Kier molecular flexibility index (Phi) is 8.38. The molecule has 0 aliphatic rings. The molecule has 0 bridgehead atoms. The Morgan fingerprint density at radius 1 is 1.18 bits per heavy atom. The van der Waals surface area contributed by atoms with Crippen LogP contribution in [0.1, 0.15) is 11.1 Å². The zero-order valence-corrected chi connectivity index (χ0v) is 19.1. The molecule has 170 valence electrons. The Balaban J connectivity index is 1.98. The molecule has 0 unspecified atom stereocenters. The number of hydrogen-bond acceptors (Lipinski definition) is 7. The van der Waals surface area contributed by atoms with E-state index in [2.05, 4.69) is 49.3 Å². The summed E-state index contributed by atoms with van der Waals surface area (Å²) in [5, 5.41) is 9.17. The third-order valence-electron chi connectivity index (χ3n) is 4.29. The lowest BCUT2D eigenvalue weighted by molar-refractivity contribution is -0.111. The molecule has 0 aliphatic heterocycles. The maximum atomic E-state index is 11.8. The Hall–Kier alpha value is -4.61. The van der Waals surface area contributed by atoms with Crippen LogP contribution in [0.15, 0.2) is 84.3 Å². The van der Waals surface area contributed by atoms with Crippen molar-refractivity contribution < 1.29 is 4.79 Å². The molecule has 1 heterocycles. The van der Waals surface area contributed by atoms with Crippen molar-refractivity contribution in [3.8, 4) is 11.8 Å². The van der Waals surface area contributed by atoms with Crippen LogP contribution in [0.5, 0.6) is 0 Å². The Morgan fingerprint density at radius 2 is 1.97 bits per heavy atom. The summed E-state index contributed by atoms with van der Waals surface area (Å²) in [5.74, 6) is 6.53. The molecule has 0 aliphatic carbocycles. The second-order valence-corrected chi connectivity index (χ2v) is 7.13. The fraction of sp³-hybridized carbons (Fsp3) is 0.0400. The summed E-state index contributed by atoms with van der Waals surface area (Å²) < 4.78 is 0. The molecule has 0 saturated carbocycles. The summed E-state index contributed by atoms with van der Waals surface area (Å²) in [4.78, 5) is 24.3. The van der Waals surface area contributed by atoms with Gasteiger partial charge >= 0.3 is 0 Å². The highest BCUT2D eigenvalue weighted by atomic mass is 35.5. The van der Waals surface area contributed by atoms with E-state index in [-0.39, 0.29) is 16.9 Å². The number of nitrogens with zero attached hydrogens (tertiary/aromatic N) is 3. The van der Waals surface area contributed by atoms with E-state index in [4.69, 9.17) is 17.3 Å². The predicted octanol–water partition coefficient (Wildman–Crippen LogP) is 4.31. The fourth-order valence-corrected chi connectivity index (χ4v) is 2.85. The standard InChI is InChI=1S/C25H22ClN7O/c1-3-23(34)30-19-12-11-18(10-9-17-7-5-4-6-8-17)22(13-19)32-24-21(26)16-29-25(33-24)31-20(14-27)15-28-2/h3-8,11-16H,1,27H2,2H3,(H,30,34)(H2,29,31,32,33)/b20-14+,28-15?. The van der Waals surface area contributed by atoms with Crippen molar-refractivity contribution in [1.82, 2.24) is 9.97 Å². The minimum absolute atomic E-state index is 0.261. The number of carbonyl (C=O) groups excluding carboxylic acids is 1. The number of rotatable bonds is 7. The third-order valence-corrected chi connectivity index (χ3v) is 4.57. The van der Waals surface area contributed by atoms with Gasteiger partial charge in [-0.1, -0.05) is 48.2 Å². The second kappa shape index (κ2) is 11.9. The van der Waals surface area contributed by atoms with Crippen molar-refractivity contribution in [2.75, 3.05) is 23.0 Å². The summed E-state index contributed by atoms with van der Waals surface area (Å²) in [7, 11) is 1.62. The first-order valence-corrected chi connectivity index (χ1v) is 10.5. The highest BCUT2D eigenvalue weighted by Crippen LogP contribution is 2.28. The maximum absolute atomic E-state index is 11.8. The largest absolute Gasteiger partial charge is 0.403 e. The molecule has 1 aromatic heterocycles. The molecule has 34 heavy (non-hydrogen) atoms. The summed E-state index contributed by atoms with van der Waals surface area (Å²) in [6, 6.07) is 14.9. The smallest absolute Gasteiger partial charge is 0.247 e. The van der Waals surface area contributed by atoms with Crippen molar-refractivity contribution in [3.63, 3.8) is 0 Å². The van der Waals surface area contributed by atoms with E-state index in [1.54, 1.807) is 25.2 Å². The van der Waals surface area contributed by atoms with Gasteiger partial charge in [-0.3, -0.25) is 9.79 Å². The van der Waals surface area contributed by atoms with Gasteiger partial charge in [0.1, 0.15) is 5.02 Å². The van der Waals surface area contributed by atoms with Crippen molar-refractivity contribution in [2.24, 2.45) is 10.7 Å². The molecule has 0 atom stereocenters. The molecule has 0 radical (unpaired) electrons. The molecular formula is C25H22ClN7O. The van der Waals surface area contributed by atoms with Gasteiger partial charge in [-0.05, 0) is 36.4 Å². The van der Waals surface area contributed by atoms with Crippen LogP contribution in [0.3, 0.4) is 0 Å². The number of aromatic nitrogens is 2. The van der Waals surface area contributed by atoms with E-state index >= 15 is 0 Å². The van der Waals surface area contributed by atoms with Gasteiger partial charge in [0.2, 0.25) is 11.9 Å². The van der Waals surface area contributed by atoms with Gasteiger partial charge in [-0.25, -0.2) is 4.98 Å². The molecular weight excluding hydrogens is 450 g/mol. The number of nitrogens with one attached hydrogen (secondary N) is 3. The van der Waals surface area contributed by atoms with Gasteiger partial charge in [-0.2, -0.15) is 4.98 Å². The molecule has 0 saturated heterocycles. The Bertz CT molecular complexity index is 1310. The van der Waals surface area contributed by atoms with Crippen LogP contribution >= 0.6 is 11.6 Å². The minimum Gasteiger partial charge on any atom is -0.403 e. The molecule has 9 heteroatoms. The maximum Gasteiger partial charge on any atom is 0.247 e. The number of allylic oxidation sites excluding steroid dienone is 1. The average molecular weight is 472 g/mol. The Morgan fingerprint density at radius 3 is 2.68 bits per heavy atom. The van der Waals surface area contributed by atoms with Gasteiger partial charge in [0.05, 0.1) is 17.6 Å². The molecule has 8 nitrogen and oxygen atoms in total. The SMILES string of the molecule is C=CC(=O)Nc1ccc(C#Cc2ccccc2)c(Nc2nc(N/C(C=NC)=C/N)ncc2Cl)c1. The number of hydrogen-bond donors (Lipinski definition) is 4. The number of amides is 1. The van der Waals surface area contributed by atoms with Crippen molar-refractivity contribution >= 4 is 46.9 Å². The van der Waals surface area contributed by atoms with Crippen LogP contribution < -0.4 is 21.7 Å². The quantitative estimate of drug-likeness (QED) is 0.232. The monoisotopic (exact) mass is 471 g/mol. The highest BCUT2D eigenvalue weighted by molar-refractivity contribution is 6.33.